The second-order valence-electron chi connectivity index (χ2n) is 7.58. The molecular weight excluding hydrogens is 446 g/mol. The van der Waals surface area contributed by atoms with E-state index in [9.17, 15) is 14.1 Å². The van der Waals surface area contributed by atoms with Crippen LogP contribution in [0.15, 0.2) is 70.9 Å². The van der Waals surface area contributed by atoms with Gasteiger partial charge in [0.15, 0.2) is 0 Å². The molecular formula is C24H27NO5S2. The molecule has 3 aromatic rings. The van der Waals surface area contributed by atoms with Gasteiger partial charge >= 0.3 is 5.97 Å². The summed E-state index contributed by atoms with van der Waals surface area (Å²) in [7, 11) is -1.70. The molecule has 1 aromatic heterocycles. The molecule has 2 unspecified atom stereocenters. The number of aliphatic carboxylic acids is 1. The molecule has 0 bridgehead atoms. The van der Waals surface area contributed by atoms with E-state index in [1.54, 1.807) is 13.0 Å². The SMILES string of the molecule is CC(c1ccccc1)[C@](C)(NS(=O)c1ccc(-c2cccc(OCCCO)c2)s1)C(=O)O. The summed E-state index contributed by atoms with van der Waals surface area (Å²) in [4.78, 5) is 13.1. The van der Waals surface area contributed by atoms with E-state index in [2.05, 4.69) is 4.72 Å². The number of rotatable bonds is 11. The lowest BCUT2D eigenvalue weighted by molar-refractivity contribution is -0.144. The number of aliphatic hydroxyl groups is 1. The van der Waals surface area contributed by atoms with Gasteiger partial charge in [-0.2, -0.15) is 0 Å². The van der Waals surface area contributed by atoms with Gasteiger partial charge in [0.1, 0.15) is 26.5 Å². The standard InChI is InChI=1S/C24H27NO5S2/c1-17(18-8-4-3-5-9-18)24(2,23(27)28)25-32(29)22-13-12-21(31-22)19-10-6-11-20(16-19)30-15-7-14-26/h3-6,8-13,16-17,25-26H,7,14-15H2,1-2H3,(H,27,28)/t17?,24-,32?/m0/s1. The third kappa shape index (κ3) is 5.63. The van der Waals surface area contributed by atoms with Crippen molar-refractivity contribution in [1.29, 1.82) is 0 Å². The van der Waals surface area contributed by atoms with E-state index in [1.165, 1.54) is 11.3 Å². The third-order valence-corrected chi connectivity index (χ3v) is 8.11. The average molecular weight is 474 g/mol. The van der Waals surface area contributed by atoms with E-state index in [1.807, 2.05) is 67.6 Å². The first-order valence-electron chi connectivity index (χ1n) is 10.3. The van der Waals surface area contributed by atoms with E-state index in [4.69, 9.17) is 9.84 Å². The van der Waals surface area contributed by atoms with Crippen LogP contribution in [-0.4, -0.2) is 39.1 Å². The zero-order chi connectivity index (χ0) is 23.1. The average Bonchev–Trinajstić information content (AvgIpc) is 3.30. The summed E-state index contributed by atoms with van der Waals surface area (Å²) in [6.07, 6.45) is 0.557. The minimum Gasteiger partial charge on any atom is -0.493 e. The van der Waals surface area contributed by atoms with Crippen LogP contribution in [0.5, 0.6) is 5.75 Å². The summed E-state index contributed by atoms with van der Waals surface area (Å²) in [5.41, 5.74) is 0.349. The zero-order valence-corrected chi connectivity index (χ0v) is 19.6. The van der Waals surface area contributed by atoms with E-state index >= 15 is 0 Å². The molecule has 0 aliphatic carbocycles. The predicted octanol–water partition coefficient (Wildman–Crippen LogP) is 4.44. The summed E-state index contributed by atoms with van der Waals surface area (Å²) >= 11 is 1.34. The van der Waals surface area contributed by atoms with E-state index in [0.717, 1.165) is 16.0 Å². The van der Waals surface area contributed by atoms with Crippen LogP contribution in [-0.2, 0) is 15.8 Å². The Morgan fingerprint density at radius 2 is 1.91 bits per heavy atom. The number of carbonyl (C=O) groups is 1. The van der Waals surface area contributed by atoms with Gasteiger partial charge in [-0.05, 0) is 42.3 Å². The quantitative estimate of drug-likeness (QED) is 0.358. The first-order valence-corrected chi connectivity index (χ1v) is 12.2. The van der Waals surface area contributed by atoms with Crippen molar-refractivity contribution >= 4 is 28.3 Å². The Morgan fingerprint density at radius 3 is 2.59 bits per heavy atom. The summed E-state index contributed by atoms with van der Waals surface area (Å²) in [6, 6.07) is 20.5. The van der Waals surface area contributed by atoms with E-state index in [-0.39, 0.29) is 6.61 Å². The molecule has 0 saturated heterocycles. The zero-order valence-electron chi connectivity index (χ0n) is 18.0. The van der Waals surface area contributed by atoms with Crippen molar-refractivity contribution in [2.75, 3.05) is 13.2 Å². The Hall–Kier alpha value is -2.52. The summed E-state index contributed by atoms with van der Waals surface area (Å²) in [6.45, 7) is 3.88. The highest BCUT2D eigenvalue weighted by atomic mass is 32.2. The van der Waals surface area contributed by atoms with Crippen LogP contribution in [0.4, 0.5) is 0 Å². The number of aliphatic hydroxyl groups excluding tert-OH is 1. The van der Waals surface area contributed by atoms with Gasteiger partial charge < -0.3 is 14.9 Å². The maximum absolute atomic E-state index is 13.1. The van der Waals surface area contributed by atoms with Crippen LogP contribution >= 0.6 is 11.3 Å². The number of nitrogens with one attached hydrogen (secondary N) is 1. The summed E-state index contributed by atoms with van der Waals surface area (Å²) in [5.74, 6) is -0.774. The van der Waals surface area contributed by atoms with Crippen molar-refractivity contribution in [1.82, 2.24) is 4.72 Å². The third-order valence-electron chi connectivity index (χ3n) is 5.37. The fourth-order valence-corrected chi connectivity index (χ4v) is 5.58. The lowest BCUT2D eigenvalue weighted by Gasteiger charge is -2.32. The van der Waals surface area contributed by atoms with Gasteiger partial charge in [0.2, 0.25) is 0 Å². The topological polar surface area (TPSA) is 95.9 Å². The molecule has 0 spiro atoms. The Bertz CT molecular complexity index is 1070. The van der Waals surface area contributed by atoms with E-state index < -0.39 is 28.4 Å². The highest BCUT2D eigenvalue weighted by Crippen LogP contribution is 2.34. The van der Waals surface area contributed by atoms with Crippen molar-refractivity contribution in [3.8, 4) is 16.2 Å². The Balaban J connectivity index is 1.77. The minimum atomic E-state index is -1.70. The fraction of sp³-hybridized carbons (Fsp3) is 0.292. The number of ether oxygens (including phenoxy) is 1. The first kappa shape index (κ1) is 24.1. The van der Waals surface area contributed by atoms with Gasteiger partial charge in [-0.3, -0.25) is 4.79 Å². The first-order chi connectivity index (χ1) is 15.3. The number of carboxylic acid groups (broad SMARTS) is 1. The van der Waals surface area contributed by atoms with Gasteiger partial charge in [-0.25, -0.2) is 8.93 Å². The molecule has 170 valence electrons. The number of hydrogen-bond donors (Lipinski definition) is 3. The van der Waals surface area contributed by atoms with Crippen LogP contribution in [0.3, 0.4) is 0 Å². The molecule has 3 rings (SSSR count). The maximum Gasteiger partial charge on any atom is 0.325 e. The molecule has 32 heavy (non-hydrogen) atoms. The molecule has 8 heteroatoms. The molecule has 0 radical (unpaired) electrons. The summed E-state index contributed by atoms with van der Waals surface area (Å²) in [5, 5.41) is 18.8. The van der Waals surface area contributed by atoms with Gasteiger partial charge in [0, 0.05) is 23.8 Å². The lowest BCUT2D eigenvalue weighted by Crippen LogP contribution is -2.53. The minimum absolute atomic E-state index is 0.0743. The lowest BCUT2D eigenvalue weighted by atomic mass is 9.83. The van der Waals surface area contributed by atoms with Crippen LogP contribution in [0.2, 0.25) is 0 Å². The van der Waals surface area contributed by atoms with Gasteiger partial charge in [-0.15, -0.1) is 11.3 Å². The molecule has 0 saturated carbocycles. The van der Waals surface area contributed by atoms with Crippen LogP contribution in [0.1, 0.15) is 31.7 Å². The Kier molecular flexibility index (Phi) is 8.20. The van der Waals surface area contributed by atoms with Gasteiger partial charge in [0.05, 0.1) is 6.61 Å². The molecule has 1 heterocycles. The highest BCUT2D eigenvalue weighted by molar-refractivity contribution is 7.85. The van der Waals surface area contributed by atoms with Gasteiger partial charge in [-0.1, -0.05) is 49.4 Å². The van der Waals surface area contributed by atoms with E-state index in [0.29, 0.717) is 23.0 Å². The van der Waals surface area contributed by atoms with Crippen molar-refractivity contribution in [3.05, 3.63) is 72.3 Å². The van der Waals surface area contributed by atoms with Crippen LogP contribution in [0.25, 0.3) is 10.4 Å². The normalized spacial score (nSPS) is 15.0. The molecule has 0 aliphatic heterocycles. The molecule has 0 aliphatic rings. The second kappa shape index (κ2) is 10.9. The monoisotopic (exact) mass is 473 g/mol. The van der Waals surface area contributed by atoms with Gasteiger partial charge in [0.25, 0.3) is 0 Å². The van der Waals surface area contributed by atoms with Crippen molar-refractivity contribution < 1.29 is 24.0 Å². The van der Waals surface area contributed by atoms with Crippen LogP contribution in [0, 0.1) is 0 Å². The second-order valence-corrected chi connectivity index (χ2v) is 10.1. The molecule has 0 amide bonds. The number of thiophene rings is 1. The van der Waals surface area contributed by atoms with Crippen LogP contribution < -0.4 is 9.46 Å². The molecule has 3 atom stereocenters. The van der Waals surface area contributed by atoms with Crippen molar-refractivity contribution in [2.24, 2.45) is 0 Å². The molecule has 6 nitrogen and oxygen atoms in total. The Labute approximate surface area is 194 Å². The Morgan fingerprint density at radius 1 is 1.16 bits per heavy atom. The molecule has 0 fully saturated rings. The summed E-state index contributed by atoms with van der Waals surface area (Å²) < 4.78 is 22.1. The largest absolute Gasteiger partial charge is 0.493 e. The van der Waals surface area contributed by atoms with Crippen molar-refractivity contribution in [2.45, 2.75) is 35.9 Å². The number of carboxylic acids is 1. The fourth-order valence-electron chi connectivity index (χ4n) is 3.20. The van der Waals surface area contributed by atoms with Crippen molar-refractivity contribution in [3.63, 3.8) is 0 Å². The highest BCUT2D eigenvalue weighted by Gasteiger charge is 2.41. The smallest absolute Gasteiger partial charge is 0.325 e. The maximum atomic E-state index is 13.1. The predicted molar refractivity (Wildman–Crippen MR) is 127 cm³/mol. The number of hydrogen-bond acceptors (Lipinski definition) is 5. The molecule has 2 aromatic carbocycles. The number of benzene rings is 2. The molecule has 3 N–H and O–H groups in total.